The van der Waals surface area contributed by atoms with E-state index in [4.69, 9.17) is 17.1 Å². The van der Waals surface area contributed by atoms with Crippen LogP contribution in [-0.2, 0) is 6.50 Å². The van der Waals surface area contributed by atoms with Crippen LogP contribution < -0.4 is 4.74 Å². The molecule has 1 atom stereocenters. The lowest BCUT2D eigenvalue weighted by molar-refractivity contribution is 0.175. The van der Waals surface area contributed by atoms with Crippen molar-refractivity contribution in [1.29, 1.82) is 0 Å². The normalized spacial score (nSPS) is 26.6. The second-order valence-electron chi connectivity index (χ2n) is 2.97. The van der Waals surface area contributed by atoms with E-state index in [1.54, 1.807) is 0 Å². The summed E-state index contributed by atoms with van der Waals surface area (Å²) in [7, 11) is -2.65. The lowest BCUT2D eigenvalue weighted by Crippen LogP contribution is -2.10. The van der Waals surface area contributed by atoms with Gasteiger partial charge < -0.3 is 14.4 Å². The van der Waals surface area contributed by atoms with Crippen molar-refractivity contribution < 1.29 is 22.2 Å². The molecule has 1 heterocycles. The summed E-state index contributed by atoms with van der Waals surface area (Å²) in [5, 5.41) is 10.3. The van der Waals surface area contributed by atoms with E-state index < -0.39 is 26.5 Å². The molecule has 1 aromatic heterocycles. The standard InChI is InChI=1S/C12H15NO2/c1-9(14)8-13-6-5-10-7-11(15-2)3-4-12(10)13/h3-7,9,14H,8H2,1-2H3/t9-/m1/s1/i1D3,2D3,8D2,9D. The van der Waals surface area contributed by atoms with Crippen LogP contribution in [0.1, 0.15) is 19.2 Å². The second kappa shape index (κ2) is 3.95. The maximum atomic E-state index is 9.93. The number of methoxy groups -OCH3 is 1. The smallest absolute Gasteiger partial charge is 0.119 e. The van der Waals surface area contributed by atoms with Crippen molar-refractivity contribution in [3.05, 3.63) is 30.5 Å². The van der Waals surface area contributed by atoms with E-state index in [1.807, 2.05) is 0 Å². The minimum atomic E-state index is -3.39. The fourth-order valence-corrected chi connectivity index (χ4v) is 1.40. The van der Waals surface area contributed by atoms with Crippen LogP contribution in [0.15, 0.2) is 30.5 Å². The van der Waals surface area contributed by atoms with Crippen molar-refractivity contribution in [3.63, 3.8) is 0 Å². The molecule has 0 saturated carbocycles. The third kappa shape index (κ3) is 1.97. The first kappa shape index (κ1) is 3.83. The summed E-state index contributed by atoms with van der Waals surface area (Å²) in [6.07, 6.45) is -2.21. The molecule has 1 aromatic carbocycles. The molecule has 0 unspecified atom stereocenters. The molecule has 1 N–H and O–H groups in total. The van der Waals surface area contributed by atoms with E-state index >= 15 is 0 Å². The van der Waals surface area contributed by atoms with Crippen LogP contribution in [-0.4, -0.2) is 22.8 Å². The highest BCUT2D eigenvalue weighted by molar-refractivity contribution is 5.81. The summed E-state index contributed by atoms with van der Waals surface area (Å²) in [5.74, 6) is 0.0257. The van der Waals surface area contributed by atoms with Crippen molar-refractivity contribution in [1.82, 2.24) is 4.57 Å². The third-order valence-electron chi connectivity index (χ3n) is 2.01. The van der Waals surface area contributed by atoms with Crippen LogP contribution in [0.3, 0.4) is 0 Å². The molecular weight excluding hydrogens is 190 g/mol. The maximum Gasteiger partial charge on any atom is 0.119 e. The molecule has 0 bridgehead atoms. The van der Waals surface area contributed by atoms with E-state index in [-0.39, 0.29) is 11.3 Å². The zero-order chi connectivity index (χ0) is 18.6. The van der Waals surface area contributed by atoms with Gasteiger partial charge in [0.15, 0.2) is 0 Å². The predicted molar refractivity (Wildman–Crippen MR) is 60.2 cm³/mol. The molecule has 0 spiro atoms. The van der Waals surface area contributed by atoms with Gasteiger partial charge in [0.25, 0.3) is 0 Å². The summed E-state index contributed by atoms with van der Waals surface area (Å²) in [5.41, 5.74) is 0.174. The van der Waals surface area contributed by atoms with Gasteiger partial charge in [0.2, 0.25) is 0 Å². The summed E-state index contributed by atoms with van der Waals surface area (Å²) < 4.78 is 71.8. The molecule has 0 aliphatic carbocycles. The van der Waals surface area contributed by atoms with E-state index in [0.29, 0.717) is 5.39 Å². The van der Waals surface area contributed by atoms with Crippen LogP contribution in [0.4, 0.5) is 0 Å². The number of rotatable bonds is 3. The number of fused-ring (bicyclic) bond motifs is 1. The van der Waals surface area contributed by atoms with Crippen LogP contribution in [0.2, 0.25) is 0 Å². The highest BCUT2D eigenvalue weighted by Crippen LogP contribution is 2.21. The maximum absolute atomic E-state index is 9.93. The molecule has 0 amide bonds. The first-order valence-electron chi connectivity index (χ1n) is 8.70. The highest BCUT2D eigenvalue weighted by Gasteiger charge is 2.04. The Kier molecular flexibility index (Phi) is 1.01. The number of nitrogens with zero attached hydrogens (tertiary/aromatic N) is 1. The fraction of sp³-hybridized carbons (Fsp3) is 0.333. The Bertz CT molecular complexity index is 745. The van der Waals surface area contributed by atoms with Gasteiger partial charge in [-0.2, -0.15) is 0 Å². The Labute approximate surface area is 102 Å². The Balaban J connectivity index is 2.51. The van der Waals surface area contributed by atoms with E-state index in [0.717, 1.165) is 4.57 Å². The Hall–Kier alpha value is -1.48. The molecule has 3 nitrogen and oxygen atoms in total. The van der Waals surface area contributed by atoms with Gasteiger partial charge in [0.05, 0.1) is 21.3 Å². The van der Waals surface area contributed by atoms with Crippen molar-refractivity contribution in [2.75, 3.05) is 7.04 Å². The molecule has 0 radical (unpaired) electrons. The van der Waals surface area contributed by atoms with Crippen molar-refractivity contribution >= 4 is 10.9 Å². The number of aliphatic hydroxyl groups is 1. The van der Waals surface area contributed by atoms with E-state index in [9.17, 15) is 5.11 Å². The van der Waals surface area contributed by atoms with E-state index in [2.05, 4.69) is 0 Å². The van der Waals surface area contributed by atoms with Gasteiger partial charge in [-0.15, -0.1) is 0 Å². The summed E-state index contributed by atoms with van der Waals surface area (Å²) in [6, 6.07) is 5.34. The first-order chi connectivity index (χ1) is 10.7. The lowest BCUT2D eigenvalue weighted by atomic mass is 10.2. The SMILES string of the molecule is [2H]C([2H])([2H])Oc1ccc2c(ccn2C([2H])([2H])[C@]([2H])(O)C([2H])([2H])[2H])c1. The average Bonchev–Trinajstić information content (AvgIpc) is 2.78. The molecule has 3 heteroatoms. The molecular formula is C12H15NO2. The van der Waals surface area contributed by atoms with Crippen molar-refractivity contribution in [2.24, 2.45) is 0 Å². The summed E-state index contributed by atoms with van der Waals surface area (Å²) in [6.45, 7) is -6.25. The third-order valence-corrected chi connectivity index (χ3v) is 2.01. The molecule has 2 aromatic rings. The van der Waals surface area contributed by atoms with Gasteiger partial charge in [-0.3, -0.25) is 0 Å². The summed E-state index contributed by atoms with van der Waals surface area (Å²) in [4.78, 5) is 0. The number of aromatic nitrogens is 1. The minimum absolute atomic E-state index is 0.0257. The van der Waals surface area contributed by atoms with Crippen LogP contribution in [0, 0.1) is 0 Å². The van der Waals surface area contributed by atoms with Crippen LogP contribution in [0.5, 0.6) is 5.75 Å². The zero-order valence-electron chi connectivity index (χ0n) is 16.7. The number of ether oxygens (including phenoxy) is 1. The average molecular weight is 214 g/mol. The number of hydrogen-bond acceptors (Lipinski definition) is 2. The molecule has 0 saturated heterocycles. The Morgan fingerprint density at radius 1 is 1.67 bits per heavy atom. The fourth-order valence-electron chi connectivity index (χ4n) is 1.40. The summed E-state index contributed by atoms with van der Waals surface area (Å²) >= 11 is 0. The number of hydrogen-bond donors (Lipinski definition) is 1. The van der Waals surface area contributed by atoms with Gasteiger partial charge in [0.1, 0.15) is 5.75 Å². The topological polar surface area (TPSA) is 34.4 Å². The molecule has 0 fully saturated rings. The van der Waals surface area contributed by atoms with Gasteiger partial charge in [0, 0.05) is 27.7 Å². The molecule has 2 rings (SSSR count). The Morgan fingerprint density at radius 3 is 3.40 bits per heavy atom. The predicted octanol–water partition coefficient (Wildman–Crippen LogP) is 2.03. The van der Waals surface area contributed by atoms with E-state index in [1.165, 1.54) is 30.5 Å². The Morgan fingerprint density at radius 2 is 2.60 bits per heavy atom. The quantitative estimate of drug-likeness (QED) is 0.848. The zero-order valence-corrected chi connectivity index (χ0v) is 7.69. The second-order valence-corrected chi connectivity index (χ2v) is 2.97. The molecule has 0 aliphatic rings. The monoisotopic (exact) mass is 214 g/mol. The number of benzene rings is 1. The van der Waals surface area contributed by atoms with Gasteiger partial charge in [-0.1, -0.05) is 0 Å². The van der Waals surface area contributed by atoms with Gasteiger partial charge in [-0.25, -0.2) is 0 Å². The molecule has 15 heavy (non-hydrogen) atoms. The van der Waals surface area contributed by atoms with Gasteiger partial charge in [-0.05, 0) is 31.1 Å². The first-order valence-corrected chi connectivity index (χ1v) is 4.20. The highest BCUT2D eigenvalue weighted by atomic mass is 16.5. The van der Waals surface area contributed by atoms with Crippen molar-refractivity contribution in [2.45, 2.75) is 19.4 Å². The van der Waals surface area contributed by atoms with Crippen LogP contribution >= 0.6 is 0 Å². The minimum Gasteiger partial charge on any atom is -0.497 e. The lowest BCUT2D eigenvalue weighted by Gasteiger charge is -2.07. The van der Waals surface area contributed by atoms with Crippen LogP contribution in [0.25, 0.3) is 10.9 Å². The van der Waals surface area contributed by atoms with Crippen molar-refractivity contribution in [3.8, 4) is 5.75 Å². The largest absolute Gasteiger partial charge is 0.497 e. The van der Waals surface area contributed by atoms with Gasteiger partial charge >= 0.3 is 0 Å². The molecule has 80 valence electrons. The molecule has 0 aliphatic heterocycles.